The number of ether oxygens (including phenoxy) is 1. The van der Waals surface area contributed by atoms with E-state index in [4.69, 9.17) is 4.74 Å². The molecule has 0 aromatic heterocycles. The predicted molar refractivity (Wildman–Crippen MR) is 361 cm³/mol. The molecule has 82 heavy (non-hydrogen) atoms. The quantitative estimate of drug-likeness (QED) is 0.0320. The Morgan fingerprint density at radius 2 is 0.610 bits per heavy atom. The van der Waals surface area contributed by atoms with Crippen molar-refractivity contribution in [3.8, 4) is 0 Å². The van der Waals surface area contributed by atoms with Crippen LogP contribution in [-0.4, -0.2) is 47.4 Å². The maximum Gasteiger partial charge on any atom is 0.305 e. The minimum atomic E-state index is -0.847. The van der Waals surface area contributed by atoms with Crippen molar-refractivity contribution in [3.05, 3.63) is 48.6 Å². The van der Waals surface area contributed by atoms with Gasteiger partial charge in [-0.15, -0.1) is 0 Å². The van der Waals surface area contributed by atoms with Crippen LogP contribution >= 0.6 is 0 Å². The molecule has 0 bridgehead atoms. The average Bonchev–Trinajstić information content (AvgIpc) is 3.48. The number of aliphatic hydroxyl groups excluding tert-OH is 2. The van der Waals surface area contributed by atoms with Crippen LogP contribution in [0, 0.1) is 0 Å². The molecular weight excluding hydrogens is 1010 g/mol. The molecule has 2 atom stereocenters. The van der Waals surface area contributed by atoms with Crippen LogP contribution in [0.1, 0.15) is 399 Å². The smallest absolute Gasteiger partial charge is 0.305 e. The van der Waals surface area contributed by atoms with Crippen molar-refractivity contribution in [2.45, 2.75) is 411 Å². The lowest BCUT2D eigenvalue weighted by Crippen LogP contribution is -2.45. The zero-order valence-corrected chi connectivity index (χ0v) is 55.2. The Morgan fingerprint density at radius 3 is 0.939 bits per heavy atom. The van der Waals surface area contributed by atoms with Crippen LogP contribution in [0.2, 0.25) is 0 Å². The van der Waals surface area contributed by atoms with Crippen molar-refractivity contribution >= 4 is 11.9 Å². The van der Waals surface area contributed by atoms with E-state index in [2.05, 4.69) is 55.6 Å². The van der Waals surface area contributed by atoms with E-state index >= 15 is 0 Å². The van der Waals surface area contributed by atoms with Crippen molar-refractivity contribution in [2.24, 2.45) is 0 Å². The second-order valence-electron chi connectivity index (χ2n) is 25.3. The SMILES string of the molecule is CCCCCCCCC/C=C\CCCCCCCC(=O)OCCCCCCCCCCC/C=C\C/C=C\CCCCCCCCCCCCCCCC(=O)NC(CO)C(O)/C=C/CCCCCCCCCCCCCCCCCCCC. The Kier molecular flexibility index (Phi) is 69.4. The highest BCUT2D eigenvalue weighted by Gasteiger charge is 2.18. The molecule has 0 saturated carbocycles. The molecule has 0 spiro atoms. The number of rotatable bonds is 69. The second-order valence-corrected chi connectivity index (χ2v) is 25.3. The maximum absolute atomic E-state index is 12.5. The molecule has 1 amide bonds. The summed E-state index contributed by atoms with van der Waals surface area (Å²) in [6, 6.07) is -0.630. The van der Waals surface area contributed by atoms with Crippen molar-refractivity contribution < 1.29 is 24.5 Å². The molecule has 0 aliphatic heterocycles. The van der Waals surface area contributed by atoms with Crippen molar-refractivity contribution in [1.82, 2.24) is 5.32 Å². The first-order chi connectivity index (χ1) is 40.5. The van der Waals surface area contributed by atoms with Gasteiger partial charge < -0.3 is 20.3 Å². The van der Waals surface area contributed by atoms with Gasteiger partial charge >= 0.3 is 5.97 Å². The summed E-state index contributed by atoms with van der Waals surface area (Å²) in [5.41, 5.74) is 0. The van der Waals surface area contributed by atoms with E-state index in [-0.39, 0.29) is 18.5 Å². The van der Waals surface area contributed by atoms with Gasteiger partial charge in [-0.2, -0.15) is 0 Å². The van der Waals surface area contributed by atoms with Crippen molar-refractivity contribution in [3.63, 3.8) is 0 Å². The average molecular weight is 1150 g/mol. The number of nitrogens with one attached hydrogen (secondary N) is 1. The summed E-state index contributed by atoms with van der Waals surface area (Å²) in [5.74, 6) is -0.0612. The molecule has 0 radical (unpaired) electrons. The maximum atomic E-state index is 12.5. The van der Waals surface area contributed by atoms with E-state index < -0.39 is 12.1 Å². The lowest BCUT2D eigenvalue weighted by molar-refractivity contribution is -0.143. The Bertz CT molecular complexity index is 1370. The summed E-state index contributed by atoms with van der Waals surface area (Å²) in [4.78, 5) is 24.6. The molecule has 0 aromatic rings. The number of hydrogen-bond acceptors (Lipinski definition) is 5. The third-order valence-corrected chi connectivity index (χ3v) is 17.1. The fourth-order valence-corrected chi connectivity index (χ4v) is 11.4. The molecule has 0 aliphatic rings. The molecule has 2 unspecified atom stereocenters. The third kappa shape index (κ3) is 67.0. The Labute approximate surface area is 512 Å². The van der Waals surface area contributed by atoms with Crippen LogP contribution in [0.25, 0.3) is 0 Å². The Hall–Kier alpha value is -2.18. The van der Waals surface area contributed by atoms with E-state index in [9.17, 15) is 19.8 Å². The van der Waals surface area contributed by atoms with Crippen molar-refractivity contribution in [1.29, 1.82) is 0 Å². The fourth-order valence-electron chi connectivity index (χ4n) is 11.4. The van der Waals surface area contributed by atoms with Crippen LogP contribution in [0.4, 0.5) is 0 Å². The lowest BCUT2D eigenvalue weighted by Gasteiger charge is -2.20. The van der Waals surface area contributed by atoms with E-state index in [1.807, 2.05) is 6.08 Å². The third-order valence-electron chi connectivity index (χ3n) is 17.1. The standard InChI is InChI=1S/C76H143NO5/c1-3-5-7-9-11-13-15-17-19-21-22-34-37-40-44-48-52-56-60-64-68-74(79)73(72-78)77-75(80)69-65-61-57-53-49-45-41-38-35-32-30-28-26-24-23-25-27-29-31-33-36-39-43-47-51-55-59-63-67-71-82-76(81)70-66-62-58-54-50-46-42-20-18-16-14-12-10-8-6-4-2/h20,23,25,29,31,42,64,68,73-74,78-79H,3-19,21-22,24,26-28,30,32-41,43-63,65-67,69-72H2,1-2H3,(H,77,80)/b25-23-,31-29-,42-20-,68-64+. The van der Waals surface area contributed by atoms with Crippen molar-refractivity contribution in [2.75, 3.05) is 13.2 Å². The van der Waals surface area contributed by atoms with Gasteiger partial charge in [-0.05, 0) is 89.9 Å². The summed E-state index contributed by atoms with van der Waals surface area (Å²) >= 11 is 0. The van der Waals surface area contributed by atoms with Crippen LogP contribution in [-0.2, 0) is 14.3 Å². The molecule has 6 nitrogen and oxygen atoms in total. The number of carbonyl (C=O) groups is 2. The summed E-state index contributed by atoms with van der Waals surface area (Å²) in [6.45, 7) is 4.93. The first-order valence-corrected chi connectivity index (χ1v) is 36.9. The summed E-state index contributed by atoms with van der Waals surface area (Å²) in [7, 11) is 0. The molecule has 0 heterocycles. The summed E-state index contributed by atoms with van der Waals surface area (Å²) in [6.07, 6.45) is 93.4. The Balaban J connectivity index is 3.43. The molecule has 3 N–H and O–H groups in total. The van der Waals surface area contributed by atoms with Gasteiger partial charge in [0.05, 0.1) is 25.4 Å². The zero-order valence-electron chi connectivity index (χ0n) is 55.2. The highest BCUT2D eigenvalue weighted by Crippen LogP contribution is 2.18. The number of carbonyl (C=O) groups excluding carboxylic acids is 2. The lowest BCUT2D eigenvalue weighted by atomic mass is 10.0. The molecule has 482 valence electrons. The van der Waals surface area contributed by atoms with Crippen LogP contribution < -0.4 is 5.32 Å². The van der Waals surface area contributed by atoms with E-state index in [0.29, 0.717) is 19.4 Å². The molecule has 0 aliphatic carbocycles. The molecule has 0 saturated heterocycles. The topological polar surface area (TPSA) is 95.9 Å². The first kappa shape index (κ1) is 79.8. The molecule has 0 rings (SSSR count). The number of esters is 1. The van der Waals surface area contributed by atoms with E-state index in [1.54, 1.807) is 6.08 Å². The van der Waals surface area contributed by atoms with Gasteiger partial charge in [0.15, 0.2) is 0 Å². The molecular formula is C76H143NO5. The van der Waals surface area contributed by atoms with Gasteiger partial charge in [0.1, 0.15) is 0 Å². The molecule has 0 fully saturated rings. The number of hydrogen-bond donors (Lipinski definition) is 3. The van der Waals surface area contributed by atoms with Crippen LogP contribution in [0.15, 0.2) is 48.6 Å². The summed E-state index contributed by atoms with van der Waals surface area (Å²) < 4.78 is 5.49. The number of allylic oxidation sites excluding steroid dienone is 7. The monoisotopic (exact) mass is 1150 g/mol. The summed E-state index contributed by atoms with van der Waals surface area (Å²) in [5, 5.41) is 23.2. The van der Waals surface area contributed by atoms with E-state index in [1.165, 1.54) is 321 Å². The highest BCUT2D eigenvalue weighted by atomic mass is 16.5. The number of amides is 1. The van der Waals surface area contributed by atoms with Gasteiger partial charge in [0.25, 0.3) is 0 Å². The van der Waals surface area contributed by atoms with Crippen LogP contribution in [0.3, 0.4) is 0 Å². The predicted octanol–water partition coefficient (Wildman–Crippen LogP) is 24.0. The van der Waals surface area contributed by atoms with Gasteiger partial charge in [-0.1, -0.05) is 345 Å². The number of aliphatic hydroxyl groups is 2. The molecule has 6 heteroatoms. The van der Waals surface area contributed by atoms with E-state index in [0.717, 1.165) is 51.4 Å². The second kappa shape index (κ2) is 71.3. The zero-order chi connectivity index (χ0) is 59.2. The van der Waals surface area contributed by atoms with Gasteiger partial charge in [0.2, 0.25) is 5.91 Å². The largest absolute Gasteiger partial charge is 0.466 e. The van der Waals surface area contributed by atoms with Crippen LogP contribution in [0.5, 0.6) is 0 Å². The fraction of sp³-hybridized carbons (Fsp3) is 0.868. The number of unbranched alkanes of at least 4 members (excludes halogenated alkanes) is 52. The minimum absolute atomic E-state index is 0.00460. The van der Waals surface area contributed by atoms with Gasteiger partial charge in [0, 0.05) is 12.8 Å². The molecule has 0 aromatic carbocycles. The first-order valence-electron chi connectivity index (χ1n) is 36.9. The van der Waals surface area contributed by atoms with Gasteiger partial charge in [-0.3, -0.25) is 9.59 Å². The van der Waals surface area contributed by atoms with Gasteiger partial charge in [-0.25, -0.2) is 0 Å². The minimum Gasteiger partial charge on any atom is -0.466 e. The Morgan fingerprint density at radius 1 is 0.341 bits per heavy atom. The normalized spacial score (nSPS) is 12.8. The highest BCUT2D eigenvalue weighted by molar-refractivity contribution is 5.76.